The Morgan fingerprint density at radius 1 is 0.769 bits per heavy atom. The van der Waals surface area contributed by atoms with Crippen LogP contribution in [-0.2, 0) is 0 Å². The Morgan fingerprint density at radius 3 is 0.769 bits per heavy atom. The second-order valence-corrected chi connectivity index (χ2v) is 0.685. The predicted molar refractivity (Wildman–Crippen MR) is 35.3 cm³/mol. The molecule has 0 saturated heterocycles. The van der Waals surface area contributed by atoms with Crippen molar-refractivity contribution in [1.29, 1.82) is 0 Å². The number of nitrogens with zero attached hydrogens (tertiary/aromatic N) is 3. The Bertz CT molecular complexity index is 112. The zero-order chi connectivity index (χ0) is 10.7. The van der Waals surface area contributed by atoms with Crippen molar-refractivity contribution in [1.82, 2.24) is 0 Å². The first-order valence-electron chi connectivity index (χ1n) is 1.66. The zero-order valence-electron chi connectivity index (χ0n) is 5.55. The molecule has 0 fully saturated rings. The van der Waals surface area contributed by atoms with E-state index in [2.05, 4.69) is 0 Å². The molecule has 0 atom stereocenters. The summed E-state index contributed by atoms with van der Waals surface area (Å²) in [7, 11) is 0. The van der Waals surface area contributed by atoms with E-state index >= 15 is 0 Å². The molecule has 0 heterocycles. The molecule has 74 valence electrons. The summed E-state index contributed by atoms with van der Waals surface area (Å²) in [6, 6.07) is 0. The molecule has 0 saturated carbocycles. The van der Waals surface area contributed by atoms with Crippen LogP contribution >= 0.6 is 0 Å². The topological polar surface area (TPSA) is 196 Å². The van der Waals surface area contributed by atoms with Crippen molar-refractivity contribution >= 4 is 27.3 Å². The molecule has 2 radical (unpaired) electrons. The van der Waals surface area contributed by atoms with Gasteiger partial charge in [-0.2, -0.15) is 0 Å². The van der Waals surface area contributed by atoms with E-state index in [4.69, 9.17) is 46.0 Å². The molecule has 0 rings (SSSR count). The summed E-state index contributed by atoms with van der Waals surface area (Å²) in [5, 5.41) is 43.1. The molecule has 13 heteroatoms. The standard InChI is InChI=1S/HNO3.2NO3.Pb/c3*2-1(3)4;/h(H,2,3,4);;;/q;2*-1;+2. The fourth-order valence-electron chi connectivity index (χ4n) is 0. The van der Waals surface area contributed by atoms with Gasteiger partial charge < -0.3 is 35.9 Å². The van der Waals surface area contributed by atoms with Crippen molar-refractivity contribution in [3.63, 3.8) is 0 Å². The molecule has 0 aromatic carbocycles. The fraction of sp³-hybridized carbons (Fsp3) is 0. The fourth-order valence-corrected chi connectivity index (χ4v) is 0. The molecular weight excluding hydrogens is 393 g/mol. The average molecular weight is 394 g/mol. The minimum Gasteiger partial charge on any atom is -0.356 e. The van der Waals surface area contributed by atoms with Gasteiger partial charge in [0.15, 0.2) is 0 Å². The smallest absolute Gasteiger partial charge is 0.356 e. The van der Waals surface area contributed by atoms with Crippen molar-refractivity contribution in [3.8, 4) is 0 Å². The van der Waals surface area contributed by atoms with Crippen LogP contribution in [0.4, 0.5) is 0 Å². The number of hydrogen-bond donors (Lipinski definition) is 1. The Labute approximate surface area is 88.9 Å². The van der Waals surface area contributed by atoms with Gasteiger partial charge in [0.2, 0.25) is 0 Å². The van der Waals surface area contributed by atoms with Gasteiger partial charge in [-0.1, -0.05) is 0 Å². The summed E-state index contributed by atoms with van der Waals surface area (Å²) in [6.07, 6.45) is 0. The molecule has 0 unspecified atom stereocenters. The first-order valence-corrected chi connectivity index (χ1v) is 1.66. The van der Waals surface area contributed by atoms with E-state index in [-0.39, 0.29) is 27.3 Å². The molecule has 0 aliphatic carbocycles. The molecular formula is HN3O9Pb. The van der Waals surface area contributed by atoms with Crippen LogP contribution in [0.15, 0.2) is 0 Å². The third-order valence-electron chi connectivity index (χ3n) is 0. The third-order valence-corrected chi connectivity index (χ3v) is 0. The monoisotopic (exact) mass is 395 g/mol. The Hall–Kier alpha value is -1.48. The molecule has 13 heavy (non-hydrogen) atoms. The number of hydrogen-bond acceptors (Lipinski definition) is 8. The van der Waals surface area contributed by atoms with Crippen LogP contribution < -0.4 is 0 Å². The van der Waals surface area contributed by atoms with Crippen LogP contribution in [0.25, 0.3) is 0 Å². The maximum Gasteiger partial charge on any atom is 2.00 e. The van der Waals surface area contributed by atoms with Gasteiger partial charge in [-0.15, -0.1) is 10.1 Å². The van der Waals surface area contributed by atoms with E-state index < -0.39 is 15.3 Å². The summed E-state index contributed by atoms with van der Waals surface area (Å²) in [4.78, 5) is 24.9. The molecule has 12 nitrogen and oxygen atoms in total. The molecule has 0 aromatic heterocycles. The van der Waals surface area contributed by atoms with Gasteiger partial charge in [-0.05, 0) is 0 Å². The van der Waals surface area contributed by atoms with Crippen molar-refractivity contribution in [3.05, 3.63) is 40.8 Å². The van der Waals surface area contributed by atoms with Crippen LogP contribution in [0, 0.1) is 40.8 Å². The van der Waals surface area contributed by atoms with Crippen LogP contribution in [0.1, 0.15) is 0 Å². The quantitative estimate of drug-likeness (QED) is 0.298. The first kappa shape index (κ1) is 22.5. The second kappa shape index (κ2) is 16.9. The average Bonchev–Trinajstić information content (AvgIpc) is 1.54. The van der Waals surface area contributed by atoms with Gasteiger partial charge in [0.25, 0.3) is 5.09 Å². The van der Waals surface area contributed by atoms with Gasteiger partial charge in [-0.3, -0.25) is 0 Å². The maximum atomic E-state index is 8.36. The van der Waals surface area contributed by atoms with Crippen LogP contribution in [0.2, 0.25) is 0 Å². The molecule has 0 aromatic rings. The van der Waals surface area contributed by atoms with E-state index in [1.54, 1.807) is 0 Å². The molecule has 0 aliphatic heterocycles. The Kier molecular flexibility index (Phi) is 29.2. The van der Waals surface area contributed by atoms with Crippen LogP contribution in [0.5, 0.6) is 0 Å². The first-order chi connectivity index (χ1) is 5.20. The summed E-state index contributed by atoms with van der Waals surface area (Å²) in [5.74, 6) is 0. The van der Waals surface area contributed by atoms with Crippen molar-refractivity contribution in [2.45, 2.75) is 0 Å². The van der Waals surface area contributed by atoms with Gasteiger partial charge in [-0.25, -0.2) is 0 Å². The molecule has 0 bridgehead atoms. The molecule has 0 amide bonds. The van der Waals surface area contributed by atoms with E-state index in [0.717, 1.165) is 0 Å². The second-order valence-electron chi connectivity index (χ2n) is 0.685. The SMILES string of the molecule is O=[N+]([O-])O.O=[N+]([O-])[O-].O=[N+]([O-])[O-].[Pb+2]. The van der Waals surface area contributed by atoms with Crippen LogP contribution in [0.3, 0.4) is 0 Å². The molecule has 0 spiro atoms. The number of rotatable bonds is 0. The predicted octanol–water partition coefficient (Wildman–Crippen LogP) is -1.21. The normalized spacial score (nSPS) is 5.54. The summed E-state index contributed by atoms with van der Waals surface area (Å²) in [5.41, 5.74) is 0. The summed E-state index contributed by atoms with van der Waals surface area (Å²) < 4.78 is 0. The van der Waals surface area contributed by atoms with Gasteiger partial charge in [0.1, 0.15) is 0 Å². The molecule has 1 N–H and O–H groups in total. The van der Waals surface area contributed by atoms with Gasteiger partial charge in [0.05, 0.1) is 10.2 Å². The van der Waals surface area contributed by atoms with Gasteiger partial charge >= 0.3 is 27.3 Å². The summed E-state index contributed by atoms with van der Waals surface area (Å²) >= 11 is 0. The maximum absolute atomic E-state index is 8.36. The van der Waals surface area contributed by atoms with Crippen molar-refractivity contribution in [2.75, 3.05) is 0 Å². The van der Waals surface area contributed by atoms with E-state index in [1.165, 1.54) is 0 Å². The summed E-state index contributed by atoms with van der Waals surface area (Å²) in [6.45, 7) is 0. The Balaban J connectivity index is -0.0000000450. The minimum absolute atomic E-state index is 0. The minimum atomic E-state index is -1.75. The van der Waals surface area contributed by atoms with E-state index in [1.807, 2.05) is 0 Å². The zero-order valence-corrected chi connectivity index (χ0v) is 9.44. The molecule has 0 aliphatic rings. The van der Waals surface area contributed by atoms with E-state index in [9.17, 15) is 0 Å². The van der Waals surface area contributed by atoms with Crippen molar-refractivity contribution < 1.29 is 20.5 Å². The van der Waals surface area contributed by atoms with Crippen molar-refractivity contribution in [2.24, 2.45) is 0 Å². The largest absolute Gasteiger partial charge is 2.00 e. The third kappa shape index (κ3) is 350. The van der Waals surface area contributed by atoms with Gasteiger partial charge in [0, 0.05) is 0 Å². The van der Waals surface area contributed by atoms with Crippen LogP contribution in [-0.4, -0.2) is 47.8 Å². The van der Waals surface area contributed by atoms with E-state index in [0.29, 0.717) is 0 Å². The Morgan fingerprint density at radius 2 is 0.769 bits per heavy atom.